The van der Waals surface area contributed by atoms with Crippen molar-refractivity contribution in [3.63, 3.8) is 0 Å². The van der Waals surface area contributed by atoms with Gasteiger partial charge in [-0.25, -0.2) is 4.39 Å². The number of hydrogen-bond acceptors (Lipinski definition) is 2. The van der Waals surface area contributed by atoms with Crippen LogP contribution in [0, 0.1) is 5.82 Å². The molecule has 0 unspecified atom stereocenters. The fourth-order valence-corrected chi connectivity index (χ4v) is 1.73. The molecule has 0 aliphatic heterocycles. The minimum Gasteiger partial charge on any atom is -0.464 e. The Kier molecular flexibility index (Phi) is 1.96. The highest BCUT2D eigenvalue weighted by atomic mass is 19.1. The van der Waals surface area contributed by atoms with Crippen molar-refractivity contribution in [1.82, 2.24) is 4.98 Å². The molecule has 0 saturated carbocycles. The van der Waals surface area contributed by atoms with Crippen LogP contribution >= 0.6 is 0 Å². The predicted molar refractivity (Wildman–Crippen MR) is 59.4 cm³/mol. The molecule has 0 aliphatic rings. The summed E-state index contributed by atoms with van der Waals surface area (Å²) in [5.41, 5.74) is 1.11. The lowest BCUT2D eigenvalue weighted by atomic mass is 10.1. The van der Waals surface area contributed by atoms with Gasteiger partial charge in [0.1, 0.15) is 17.1 Å². The number of hydrogen-bond donors (Lipinski definition) is 0. The second kappa shape index (κ2) is 3.45. The Hall–Kier alpha value is -2.16. The monoisotopic (exact) mass is 213 g/mol. The van der Waals surface area contributed by atoms with Gasteiger partial charge >= 0.3 is 0 Å². The summed E-state index contributed by atoms with van der Waals surface area (Å²) in [6.45, 7) is 0. The number of aromatic nitrogens is 1. The Labute approximate surface area is 91.3 Å². The van der Waals surface area contributed by atoms with Crippen LogP contribution < -0.4 is 0 Å². The summed E-state index contributed by atoms with van der Waals surface area (Å²) in [5.74, 6) is 0.328. The molecule has 2 heterocycles. The van der Waals surface area contributed by atoms with Crippen molar-refractivity contribution in [1.29, 1.82) is 0 Å². The fourth-order valence-electron chi connectivity index (χ4n) is 1.73. The number of rotatable bonds is 1. The molecule has 3 rings (SSSR count). The van der Waals surface area contributed by atoms with Gasteiger partial charge in [-0.15, -0.1) is 0 Å². The molecule has 0 atom stereocenters. The number of halogens is 1. The minimum absolute atomic E-state index is 0.329. The molecule has 0 N–H and O–H groups in total. The van der Waals surface area contributed by atoms with Gasteiger partial charge in [-0.2, -0.15) is 0 Å². The molecule has 0 fully saturated rings. The maximum absolute atomic E-state index is 13.7. The highest BCUT2D eigenvalue weighted by molar-refractivity contribution is 5.83. The Balaban J connectivity index is 2.29. The molecule has 1 aromatic carbocycles. The summed E-state index contributed by atoms with van der Waals surface area (Å²) in [6, 6.07) is 10.5. The summed E-state index contributed by atoms with van der Waals surface area (Å²) in [5, 5.41) is 0.772. The topological polar surface area (TPSA) is 26.0 Å². The molecule has 0 saturated heterocycles. The Morgan fingerprint density at radius 3 is 2.88 bits per heavy atom. The molecular weight excluding hydrogens is 205 g/mol. The zero-order valence-electron chi connectivity index (χ0n) is 8.35. The highest BCUT2D eigenvalue weighted by Gasteiger charge is 2.07. The van der Waals surface area contributed by atoms with Crippen LogP contribution in [-0.2, 0) is 0 Å². The predicted octanol–water partition coefficient (Wildman–Crippen LogP) is 3.63. The zero-order valence-corrected chi connectivity index (χ0v) is 8.35. The van der Waals surface area contributed by atoms with Crippen molar-refractivity contribution in [3.8, 4) is 11.3 Å². The number of benzene rings is 1. The van der Waals surface area contributed by atoms with E-state index in [9.17, 15) is 4.39 Å². The van der Waals surface area contributed by atoms with Crippen LogP contribution in [0.2, 0.25) is 0 Å². The third-order valence-corrected chi connectivity index (χ3v) is 2.46. The molecule has 78 valence electrons. The van der Waals surface area contributed by atoms with Gasteiger partial charge in [-0.1, -0.05) is 6.07 Å². The van der Waals surface area contributed by atoms with E-state index in [1.54, 1.807) is 30.7 Å². The van der Waals surface area contributed by atoms with Crippen LogP contribution in [-0.4, -0.2) is 4.98 Å². The molecule has 0 spiro atoms. The lowest BCUT2D eigenvalue weighted by Gasteiger charge is -2.01. The number of furan rings is 1. The van der Waals surface area contributed by atoms with Crippen molar-refractivity contribution >= 4 is 10.9 Å². The van der Waals surface area contributed by atoms with Crippen LogP contribution in [0.1, 0.15) is 0 Å². The quantitative estimate of drug-likeness (QED) is 0.616. The van der Waals surface area contributed by atoms with E-state index in [0.29, 0.717) is 11.3 Å². The largest absolute Gasteiger partial charge is 0.464 e. The van der Waals surface area contributed by atoms with Crippen molar-refractivity contribution < 1.29 is 8.81 Å². The average Bonchev–Trinajstić information content (AvgIpc) is 2.82. The minimum atomic E-state index is -0.329. The van der Waals surface area contributed by atoms with Gasteiger partial charge in [-0.3, -0.25) is 4.98 Å². The average molecular weight is 213 g/mol. The van der Waals surface area contributed by atoms with Gasteiger partial charge in [0.2, 0.25) is 0 Å². The van der Waals surface area contributed by atoms with E-state index in [0.717, 1.165) is 10.9 Å². The molecule has 3 aromatic rings. The Morgan fingerprint density at radius 1 is 1.12 bits per heavy atom. The molecule has 2 aromatic heterocycles. The van der Waals surface area contributed by atoms with Crippen LogP contribution in [0.15, 0.2) is 53.3 Å². The lowest BCUT2D eigenvalue weighted by Crippen LogP contribution is -1.85. The zero-order chi connectivity index (χ0) is 11.0. The molecular formula is C13H8FNO. The van der Waals surface area contributed by atoms with Gasteiger partial charge in [-0.05, 0) is 30.3 Å². The maximum atomic E-state index is 13.7. The summed E-state index contributed by atoms with van der Waals surface area (Å²) in [4.78, 5) is 4.00. The number of fused-ring (bicyclic) bond motifs is 1. The summed E-state index contributed by atoms with van der Waals surface area (Å²) < 4.78 is 19.0. The first kappa shape index (κ1) is 9.09. The summed E-state index contributed by atoms with van der Waals surface area (Å²) in [6.07, 6.45) is 3.15. The first-order chi connectivity index (χ1) is 7.84. The van der Waals surface area contributed by atoms with E-state index in [2.05, 4.69) is 4.98 Å². The van der Waals surface area contributed by atoms with Crippen LogP contribution in [0.4, 0.5) is 4.39 Å². The summed E-state index contributed by atoms with van der Waals surface area (Å²) >= 11 is 0. The fraction of sp³-hybridized carbons (Fsp3) is 0. The smallest absolute Gasteiger partial charge is 0.150 e. The molecule has 0 bridgehead atoms. The second-order valence-corrected chi connectivity index (χ2v) is 3.51. The first-order valence-corrected chi connectivity index (χ1v) is 4.93. The van der Waals surface area contributed by atoms with Crippen LogP contribution in [0.5, 0.6) is 0 Å². The van der Waals surface area contributed by atoms with Crippen molar-refractivity contribution in [2.24, 2.45) is 0 Å². The summed E-state index contributed by atoms with van der Waals surface area (Å²) in [7, 11) is 0. The van der Waals surface area contributed by atoms with Gasteiger partial charge in [0.05, 0.1) is 6.26 Å². The molecule has 16 heavy (non-hydrogen) atoms. The highest BCUT2D eigenvalue weighted by Crippen LogP contribution is 2.25. The van der Waals surface area contributed by atoms with E-state index in [1.807, 2.05) is 12.1 Å². The molecule has 3 heteroatoms. The molecule has 0 aliphatic carbocycles. The third-order valence-electron chi connectivity index (χ3n) is 2.46. The van der Waals surface area contributed by atoms with E-state index >= 15 is 0 Å². The van der Waals surface area contributed by atoms with E-state index in [-0.39, 0.29) is 5.82 Å². The molecule has 0 amide bonds. The standard InChI is InChI=1S/C13H8FNO/c14-11-8-10(12-4-2-6-16-12)7-9-3-1-5-15-13(9)11/h1-8H. The number of nitrogens with zero attached hydrogens (tertiary/aromatic N) is 1. The van der Waals surface area contributed by atoms with E-state index in [1.165, 1.54) is 6.07 Å². The number of pyridine rings is 1. The van der Waals surface area contributed by atoms with E-state index in [4.69, 9.17) is 4.42 Å². The SMILES string of the molecule is Fc1cc(-c2ccco2)cc2cccnc12. The Bertz CT molecular complexity index is 631. The first-order valence-electron chi connectivity index (χ1n) is 4.93. The third kappa shape index (κ3) is 1.37. The molecule has 0 radical (unpaired) electrons. The lowest BCUT2D eigenvalue weighted by molar-refractivity contribution is 0.580. The van der Waals surface area contributed by atoms with Crippen LogP contribution in [0.3, 0.4) is 0 Å². The maximum Gasteiger partial charge on any atom is 0.150 e. The molecule has 2 nitrogen and oxygen atoms in total. The van der Waals surface area contributed by atoms with Gasteiger partial charge < -0.3 is 4.42 Å². The normalized spacial score (nSPS) is 10.8. The second-order valence-electron chi connectivity index (χ2n) is 3.51. The van der Waals surface area contributed by atoms with Crippen molar-refractivity contribution in [3.05, 3.63) is 54.7 Å². The van der Waals surface area contributed by atoms with Crippen molar-refractivity contribution in [2.75, 3.05) is 0 Å². The van der Waals surface area contributed by atoms with Gasteiger partial charge in [0, 0.05) is 17.1 Å². The van der Waals surface area contributed by atoms with Gasteiger partial charge in [0.25, 0.3) is 0 Å². The van der Waals surface area contributed by atoms with Crippen molar-refractivity contribution in [2.45, 2.75) is 0 Å². The Morgan fingerprint density at radius 2 is 2.06 bits per heavy atom. The van der Waals surface area contributed by atoms with Crippen LogP contribution in [0.25, 0.3) is 22.2 Å². The van der Waals surface area contributed by atoms with Gasteiger partial charge in [0.15, 0.2) is 0 Å². The van der Waals surface area contributed by atoms with E-state index < -0.39 is 0 Å².